The smallest absolute Gasteiger partial charge is 0.0991 e. The van der Waals surface area contributed by atoms with Gasteiger partial charge >= 0.3 is 0 Å². The topological polar surface area (TPSA) is 51.6 Å². The number of rotatable bonds is 4. The molecule has 3 nitrogen and oxygen atoms in total. The Labute approximate surface area is 124 Å². The van der Waals surface area contributed by atoms with Gasteiger partial charge in [-0.25, -0.2) is 0 Å². The molecule has 0 aliphatic heterocycles. The highest BCUT2D eigenvalue weighted by atomic mass is 14.9. The van der Waals surface area contributed by atoms with E-state index in [9.17, 15) is 0 Å². The molecule has 0 aliphatic rings. The Kier molecular flexibility index (Phi) is 3.61. The molecule has 21 heavy (non-hydrogen) atoms. The molecule has 0 unspecified atom stereocenters. The maximum atomic E-state index is 8.79. The number of benzene rings is 2. The Morgan fingerprint density at radius 1 is 1.10 bits per heavy atom. The van der Waals surface area contributed by atoms with E-state index in [1.807, 2.05) is 24.3 Å². The predicted molar refractivity (Wildman–Crippen MR) is 86.4 cm³/mol. The van der Waals surface area contributed by atoms with E-state index >= 15 is 0 Å². The first kappa shape index (κ1) is 13.3. The molecule has 0 radical (unpaired) electrons. The van der Waals surface area contributed by atoms with Crippen LogP contribution in [0.2, 0.25) is 0 Å². The van der Waals surface area contributed by atoms with Crippen LogP contribution < -0.4 is 5.32 Å². The lowest BCUT2D eigenvalue weighted by molar-refractivity contribution is 1.01. The van der Waals surface area contributed by atoms with Crippen LogP contribution in [0, 0.1) is 18.3 Å². The van der Waals surface area contributed by atoms with E-state index in [4.69, 9.17) is 5.26 Å². The Bertz CT molecular complexity index is 791. The van der Waals surface area contributed by atoms with Crippen molar-refractivity contribution in [1.29, 1.82) is 5.26 Å². The first-order valence-corrected chi connectivity index (χ1v) is 7.08. The molecule has 3 rings (SSSR count). The summed E-state index contributed by atoms with van der Waals surface area (Å²) in [5.41, 5.74) is 5.53. The van der Waals surface area contributed by atoms with Gasteiger partial charge in [0.15, 0.2) is 0 Å². The molecule has 104 valence electrons. The molecule has 0 atom stereocenters. The van der Waals surface area contributed by atoms with Gasteiger partial charge in [-0.15, -0.1) is 0 Å². The largest absolute Gasteiger partial charge is 0.385 e. The number of para-hydroxylation sites is 1. The average molecular weight is 275 g/mol. The highest BCUT2D eigenvalue weighted by Crippen LogP contribution is 2.22. The molecular formula is C18H17N3. The summed E-state index contributed by atoms with van der Waals surface area (Å²) in [5.74, 6) is 0. The number of hydrogen-bond acceptors (Lipinski definition) is 2. The third kappa shape index (κ3) is 2.75. The van der Waals surface area contributed by atoms with Crippen LogP contribution in [0.25, 0.3) is 10.9 Å². The lowest BCUT2D eigenvalue weighted by Crippen LogP contribution is -2.05. The van der Waals surface area contributed by atoms with E-state index in [-0.39, 0.29) is 0 Å². The Morgan fingerprint density at radius 2 is 1.86 bits per heavy atom. The van der Waals surface area contributed by atoms with Gasteiger partial charge < -0.3 is 10.3 Å². The highest BCUT2D eigenvalue weighted by Gasteiger charge is 2.07. The first-order chi connectivity index (χ1) is 10.3. The molecule has 1 heterocycles. The van der Waals surface area contributed by atoms with Crippen LogP contribution in [0.4, 0.5) is 5.69 Å². The van der Waals surface area contributed by atoms with E-state index < -0.39 is 0 Å². The second-order valence-corrected chi connectivity index (χ2v) is 5.14. The SMILES string of the molecule is Cc1[nH]c2ccccc2c1CCNc1ccc(C#N)cc1. The minimum absolute atomic E-state index is 0.688. The number of fused-ring (bicyclic) bond motifs is 1. The van der Waals surface area contributed by atoms with Gasteiger partial charge in [0.1, 0.15) is 0 Å². The molecule has 3 aromatic rings. The summed E-state index contributed by atoms with van der Waals surface area (Å²) in [6.07, 6.45) is 0.968. The van der Waals surface area contributed by atoms with Gasteiger partial charge in [-0.05, 0) is 49.2 Å². The van der Waals surface area contributed by atoms with Crippen LogP contribution in [0.5, 0.6) is 0 Å². The van der Waals surface area contributed by atoms with Gasteiger partial charge in [-0.3, -0.25) is 0 Å². The third-order valence-corrected chi connectivity index (χ3v) is 3.75. The van der Waals surface area contributed by atoms with E-state index in [0.29, 0.717) is 5.56 Å². The monoisotopic (exact) mass is 275 g/mol. The van der Waals surface area contributed by atoms with Crippen molar-refractivity contribution >= 4 is 16.6 Å². The number of hydrogen-bond donors (Lipinski definition) is 2. The van der Waals surface area contributed by atoms with Gasteiger partial charge in [0.05, 0.1) is 11.6 Å². The van der Waals surface area contributed by atoms with Crippen molar-refractivity contribution < 1.29 is 0 Å². The molecule has 0 aliphatic carbocycles. The van der Waals surface area contributed by atoms with Gasteiger partial charge in [0.25, 0.3) is 0 Å². The van der Waals surface area contributed by atoms with Crippen molar-refractivity contribution in [2.45, 2.75) is 13.3 Å². The number of aryl methyl sites for hydroxylation is 1. The zero-order valence-electron chi connectivity index (χ0n) is 12.0. The molecular weight excluding hydrogens is 258 g/mol. The molecule has 0 spiro atoms. The summed E-state index contributed by atoms with van der Waals surface area (Å²) in [7, 11) is 0. The van der Waals surface area contributed by atoms with Crippen LogP contribution in [0.3, 0.4) is 0 Å². The van der Waals surface area contributed by atoms with Crippen LogP contribution in [0.1, 0.15) is 16.8 Å². The second-order valence-electron chi connectivity index (χ2n) is 5.14. The number of aromatic nitrogens is 1. The van der Waals surface area contributed by atoms with E-state index in [1.54, 1.807) is 0 Å². The minimum Gasteiger partial charge on any atom is -0.385 e. The normalized spacial score (nSPS) is 10.5. The van der Waals surface area contributed by atoms with Crippen molar-refractivity contribution in [2.24, 2.45) is 0 Å². The van der Waals surface area contributed by atoms with E-state index in [0.717, 1.165) is 18.7 Å². The maximum absolute atomic E-state index is 8.79. The Balaban J connectivity index is 1.69. The van der Waals surface area contributed by atoms with Crippen LogP contribution in [-0.2, 0) is 6.42 Å². The fourth-order valence-electron chi connectivity index (χ4n) is 2.65. The van der Waals surface area contributed by atoms with Crippen molar-refractivity contribution in [1.82, 2.24) is 4.98 Å². The summed E-state index contributed by atoms with van der Waals surface area (Å²) in [5, 5.41) is 13.5. The molecule has 1 aromatic heterocycles. The number of nitriles is 1. The van der Waals surface area contributed by atoms with E-state index in [1.165, 1.54) is 22.2 Å². The minimum atomic E-state index is 0.688. The zero-order valence-corrected chi connectivity index (χ0v) is 12.0. The molecule has 0 saturated heterocycles. The van der Waals surface area contributed by atoms with Gasteiger partial charge in [0.2, 0.25) is 0 Å². The standard InChI is InChI=1S/C18H17N3/c1-13-16(17-4-2-3-5-18(17)21-13)10-11-20-15-8-6-14(12-19)7-9-15/h2-9,20-21H,10-11H2,1H3. The summed E-state index contributed by atoms with van der Waals surface area (Å²) in [6, 6.07) is 18.1. The zero-order chi connectivity index (χ0) is 14.7. The molecule has 2 N–H and O–H groups in total. The van der Waals surface area contributed by atoms with Crippen molar-refractivity contribution in [3.05, 3.63) is 65.4 Å². The molecule has 2 aromatic carbocycles. The summed E-state index contributed by atoms with van der Waals surface area (Å²) in [6.45, 7) is 2.99. The second kappa shape index (κ2) is 5.72. The molecule has 0 saturated carbocycles. The summed E-state index contributed by atoms with van der Waals surface area (Å²) < 4.78 is 0. The third-order valence-electron chi connectivity index (χ3n) is 3.75. The number of anilines is 1. The Morgan fingerprint density at radius 3 is 2.62 bits per heavy atom. The highest BCUT2D eigenvalue weighted by molar-refractivity contribution is 5.84. The van der Waals surface area contributed by atoms with Crippen molar-refractivity contribution in [3.63, 3.8) is 0 Å². The fraction of sp³-hybridized carbons (Fsp3) is 0.167. The van der Waals surface area contributed by atoms with Gasteiger partial charge in [-0.2, -0.15) is 5.26 Å². The summed E-state index contributed by atoms with van der Waals surface area (Å²) in [4.78, 5) is 3.43. The average Bonchev–Trinajstić information content (AvgIpc) is 2.84. The van der Waals surface area contributed by atoms with E-state index in [2.05, 4.69) is 47.6 Å². The summed E-state index contributed by atoms with van der Waals surface area (Å²) >= 11 is 0. The molecule has 0 bridgehead atoms. The lowest BCUT2D eigenvalue weighted by Gasteiger charge is -2.06. The molecule has 3 heteroatoms. The van der Waals surface area contributed by atoms with Crippen molar-refractivity contribution in [2.75, 3.05) is 11.9 Å². The molecule has 0 amide bonds. The van der Waals surface area contributed by atoms with Gasteiger partial charge in [-0.1, -0.05) is 18.2 Å². The quantitative estimate of drug-likeness (QED) is 0.756. The predicted octanol–water partition coefficient (Wildman–Crippen LogP) is 4.00. The fourth-order valence-corrected chi connectivity index (χ4v) is 2.65. The van der Waals surface area contributed by atoms with Gasteiger partial charge in [0, 0.05) is 28.8 Å². The number of nitrogens with zero attached hydrogens (tertiary/aromatic N) is 1. The molecule has 0 fully saturated rings. The first-order valence-electron chi connectivity index (χ1n) is 7.08. The maximum Gasteiger partial charge on any atom is 0.0991 e. The lowest BCUT2D eigenvalue weighted by atomic mass is 10.1. The number of aromatic amines is 1. The number of H-pyrrole nitrogens is 1. The van der Waals surface area contributed by atoms with Crippen LogP contribution >= 0.6 is 0 Å². The number of nitrogens with one attached hydrogen (secondary N) is 2. The van der Waals surface area contributed by atoms with Crippen LogP contribution in [-0.4, -0.2) is 11.5 Å². The van der Waals surface area contributed by atoms with Crippen molar-refractivity contribution in [3.8, 4) is 6.07 Å². The Hall–Kier alpha value is -2.73. The van der Waals surface area contributed by atoms with Crippen LogP contribution in [0.15, 0.2) is 48.5 Å².